The Labute approximate surface area is 158 Å². The molecular formula is C22H46O3. The van der Waals surface area contributed by atoms with Crippen LogP contribution in [0.5, 0.6) is 0 Å². The van der Waals surface area contributed by atoms with Crippen molar-refractivity contribution in [2.75, 3.05) is 26.9 Å². The fraction of sp³-hybridized carbons (Fsp3) is 1.00. The Bertz CT molecular complexity index is 199. The molecule has 0 saturated heterocycles. The van der Waals surface area contributed by atoms with Crippen molar-refractivity contribution in [1.82, 2.24) is 0 Å². The molecule has 0 heterocycles. The van der Waals surface area contributed by atoms with E-state index in [0.717, 1.165) is 19.6 Å². The fourth-order valence-corrected chi connectivity index (χ4v) is 3.16. The number of unbranched alkanes of at least 4 members (excludes halogenated alkanes) is 15. The first kappa shape index (κ1) is 24.9. The summed E-state index contributed by atoms with van der Waals surface area (Å²) in [6.45, 7) is 4.58. The molecule has 0 aromatic heterocycles. The zero-order chi connectivity index (χ0) is 18.3. The second kappa shape index (κ2) is 23.9. The van der Waals surface area contributed by atoms with Crippen LogP contribution in [0.25, 0.3) is 0 Å². The van der Waals surface area contributed by atoms with Gasteiger partial charge in [-0.1, -0.05) is 103 Å². The Morgan fingerprint density at radius 1 is 0.440 bits per heavy atom. The second-order valence-electron chi connectivity index (χ2n) is 7.26. The first-order valence-corrected chi connectivity index (χ1v) is 11.1. The third-order valence-corrected chi connectivity index (χ3v) is 4.78. The monoisotopic (exact) mass is 358 g/mol. The molecule has 0 bridgehead atoms. The standard InChI is InChI=1S/C22H46O3/c1-3-4-5-6-7-8-9-10-11-12-13-14-15-16-17-18-20-24-21-19-22-25-23-2/h3-22H2,1-2H3. The highest BCUT2D eigenvalue weighted by atomic mass is 17.2. The minimum absolute atomic E-state index is 0.620. The lowest BCUT2D eigenvalue weighted by atomic mass is 10.0. The lowest BCUT2D eigenvalue weighted by molar-refractivity contribution is -0.273. The third kappa shape index (κ3) is 23.9. The van der Waals surface area contributed by atoms with Crippen molar-refractivity contribution in [3.8, 4) is 0 Å². The zero-order valence-corrected chi connectivity index (χ0v) is 17.4. The van der Waals surface area contributed by atoms with Crippen LogP contribution in [0.4, 0.5) is 0 Å². The van der Waals surface area contributed by atoms with Crippen molar-refractivity contribution < 1.29 is 14.5 Å². The van der Waals surface area contributed by atoms with Gasteiger partial charge in [0.2, 0.25) is 0 Å². The van der Waals surface area contributed by atoms with Crippen molar-refractivity contribution in [3.63, 3.8) is 0 Å². The molecule has 0 rings (SSSR count). The smallest absolute Gasteiger partial charge is 0.0844 e. The van der Waals surface area contributed by atoms with Gasteiger partial charge >= 0.3 is 0 Å². The van der Waals surface area contributed by atoms with Crippen molar-refractivity contribution in [2.45, 2.75) is 116 Å². The molecular weight excluding hydrogens is 312 g/mol. The van der Waals surface area contributed by atoms with Crippen molar-refractivity contribution in [3.05, 3.63) is 0 Å². The molecule has 3 heteroatoms. The molecule has 0 aromatic rings. The summed E-state index contributed by atoms with van der Waals surface area (Å²) < 4.78 is 5.56. The van der Waals surface area contributed by atoms with Crippen LogP contribution in [0, 0.1) is 0 Å². The molecule has 0 aliphatic carbocycles. The van der Waals surface area contributed by atoms with E-state index in [1.165, 1.54) is 110 Å². The van der Waals surface area contributed by atoms with E-state index in [1.54, 1.807) is 0 Å². The Morgan fingerprint density at radius 2 is 0.840 bits per heavy atom. The number of ether oxygens (including phenoxy) is 1. The molecule has 0 radical (unpaired) electrons. The minimum Gasteiger partial charge on any atom is -0.381 e. The van der Waals surface area contributed by atoms with Crippen LogP contribution in [-0.2, 0) is 14.5 Å². The summed E-state index contributed by atoms with van der Waals surface area (Å²) in [4.78, 5) is 9.32. The van der Waals surface area contributed by atoms with E-state index < -0.39 is 0 Å². The highest BCUT2D eigenvalue weighted by Crippen LogP contribution is 2.13. The maximum Gasteiger partial charge on any atom is 0.0844 e. The van der Waals surface area contributed by atoms with Gasteiger partial charge in [0.1, 0.15) is 0 Å². The summed E-state index contributed by atoms with van der Waals surface area (Å²) in [7, 11) is 1.54. The minimum atomic E-state index is 0.620. The van der Waals surface area contributed by atoms with Gasteiger partial charge in [-0.05, 0) is 12.8 Å². The lowest BCUT2D eigenvalue weighted by Gasteiger charge is -2.05. The van der Waals surface area contributed by atoms with Crippen LogP contribution < -0.4 is 0 Å². The second-order valence-corrected chi connectivity index (χ2v) is 7.26. The van der Waals surface area contributed by atoms with Crippen molar-refractivity contribution in [2.24, 2.45) is 0 Å². The van der Waals surface area contributed by atoms with E-state index in [2.05, 4.69) is 11.8 Å². The van der Waals surface area contributed by atoms with Crippen LogP contribution in [-0.4, -0.2) is 26.9 Å². The molecule has 0 aliphatic rings. The predicted octanol–water partition coefficient (Wildman–Crippen LogP) is 7.23. The maximum absolute atomic E-state index is 5.56. The van der Waals surface area contributed by atoms with Gasteiger partial charge in [-0.3, -0.25) is 0 Å². The van der Waals surface area contributed by atoms with Gasteiger partial charge in [0.05, 0.1) is 13.7 Å². The van der Waals surface area contributed by atoms with Crippen LogP contribution in [0.3, 0.4) is 0 Å². The Balaban J connectivity index is 2.94. The molecule has 0 amide bonds. The summed E-state index contributed by atoms with van der Waals surface area (Å²) in [5.41, 5.74) is 0. The Hall–Kier alpha value is -0.120. The molecule has 152 valence electrons. The van der Waals surface area contributed by atoms with E-state index >= 15 is 0 Å². The first-order valence-electron chi connectivity index (χ1n) is 11.1. The molecule has 0 unspecified atom stereocenters. The SMILES string of the molecule is CCCCCCCCCCCCCCCCCCOCCCOOC. The van der Waals surface area contributed by atoms with Gasteiger partial charge in [0.15, 0.2) is 0 Å². The van der Waals surface area contributed by atoms with Gasteiger partial charge in [-0.25, -0.2) is 9.78 Å². The molecule has 0 aromatic carbocycles. The van der Waals surface area contributed by atoms with Crippen LogP contribution >= 0.6 is 0 Å². The highest BCUT2D eigenvalue weighted by Gasteiger charge is 1.95. The number of hydrogen-bond acceptors (Lipinski definition) is 3. The molecule has 0 fully saturated rings. The van der Waals surface area contributed by atoms with Crippen LogP contribution in [0.15, 0.2) is 0 Å². The third-order valence-electron chi connectivity index (χ3n) is 4.78. The van der Waals surface area contributed by atoms with Crippen LogP contribution in [0.1, 0.15) is 116 Å². The molecule has 0 saturated carbocycles. The molecule has 0 N–H and O–H groups in total. The van der Waals surface area contributed by atoms with Gasteiger partial charge in [-0.2, -0.15) is 0 Å². The van der Waals surface area contributed by atoms with E-state index in [-0.39, 0.29) is 0 Å². The van der Waals surface area contributed by atoms with E-state index in [9.17, 15) is 0 Å². The van der Waals surface area contributed by atoms with Crippen molar-refractivity contribution in [1.29, 1.82) is 0 Å². The average Bonchev–Trinajstić information content (AvgIpc) is 2.63. The molecule has 0 aliphatic heterocycles. The topological polar surface area (TPSA) is 27.7 Å². The average molecular weight is 359 g/mol. The number of hydrogen-bond donors (Lipinski definition) is 0. The normalized spacial score (nSPS) is 11.3. The fourth-order valence-electron chi connectivity index (χ4n) is 3.16. The van der Waals surface area contributed by atoms with Crippen LogP contribution in [0.2, 0.25) is 0 Å². The largest absolute Gasteiger partial charge is 0.381 e. The lowest BCUT2D eigenvalue weighted by Crippen LogP contribution is -2.01. The van der Waals surface area contributed by atoms with E-state index in [4.69, 9.17) is 9.62 Å². The predicted molar refractivity (Wildman–Crippen MR) is 108 cm³/mol. The highest BCUT2D eigenvalue weighted by molar-refractivity contribution is 4.50. The molecule has 0 atom stereocenters. The Morgan fingerprint density at radius 3 is 1.28 bits per heavy atom. The van der Waals surface area contributed by atoms with E-state index in [0.29, 0.717) is 6.61 Å². The first-order chi connectivity index (χ1) is 12.4. The van der Waals surface area contributed by atoms with Crippen molar-refractivity contribution >= 4 is 0 Å². The summed E-state index contributed by atoms with van der Waals surface area (Å²) in [6.07, 6.45) is 23.5. The van der Waals surface area contributed by atoms with Gasteiger partial charge in [0.25, 0.3) is 0 Å². The molecule has 0 spiro atoms. The van der Waals surface area contributed by atoms with Gasteiger partial charge < -0.3 is 4.74 Å². The zero-order valence-electron chi connectivity index (χ0n) is 17.4. The van der Waals surface area contributed by atoms with Gasteiger partial charge in [0, 0.05) is 13.2 Å². The Kier molecular flexibility index (Phi) is 23.8. The quantitative estimate of drug-likeness (QED) is 0.116. The summed E-state index contributed by atoms with van der Waals surface area (Å²) in [6, 6.07) is 0. The number of rotatable bonds is 22. The van der Waals surface area contributed by atoms with Gasteiger partial charge in [-0.15, -0.1) is 0 Å². The summed E-state index contributed by atoms with van der Waals surface area (Å²) >= 11 is 0. The molecule has 25 heavy (non-hydrogen) atoms. The maximum atomic E-state index is 5.56. The summed E-state index contributed by atoms with van der Waals surface area (Å²) in [5, 5.41) is 0. The summed E-state index contributed by atoms with van der Waals surface area (Å²) in [5.74, 6) is 0. The molecule has 3 nitrogen and oxygen atoms in total. The van der Waals surface area contributed by atoms with E-state index in [1.807, 2.05) is 0 Å².